The first-order valence-corrected chi connectivity index (χ1v) is 16.2. The van der Waals surface area contributed by atoms with E-state index in [0.29, 0.717) is 38.6 Å². The first kappa shape index (κ1) is 34.4. The fourth-order valence-corrected chi connectivity index (χ4v) is 7.31. The van der Waals surface area contributed by atoms with Crippen molar-refractivity contribution in [3.05, 3.63) is 61.2 Å². The quantitative estimate of drug-likeness (QED) is 0.170. The van der Waals surface area contributed by atoms with E-state index in [9.17, 15) is 24.3 Å². The number of allylic oxidation sites excluding steroid dienone is 1. The number of esters is 1. The van der Waals surface area contributed by atoms with E-state index in [1.807, 2.05) is 51.1 Å². The summed E-state index contributed by atoms with van der Waals surface area (Å²) in [4.78, 5) is 60.5. The third-order valence-corrected chi connectivity index (χ3v) is 9.72. The second kappa shape index (κ2) is 14.7. The zero-order valence-electron chi connectivity index (χ0n) is 27.1. The number of carbonyl (C=O) groups is 4. The molecule has 3 aliphatic rings. The molecule has 10 heteroatoms. The molecule has 10 nitrogen and oxygen atoms in total. The smallest absolute Gasteiger partial charge is 0.313 e. The third kappa shape index (κ3) is 6.58. The van der Waals surface area contributed by atoms with Crippen molar-refractivity contribution in [2.75, 3.05) is 26.7 Å². The lowest BCUT2D eigenvalue weighted by molar-refractivity contribution is -0.164. The molecule has 1 N–H and O–H groups in total. The van der Waals surface area contributed by atoms with Gasteiger partial charge < -0.3 is 29.3 Å². The van der Waals surface area contributed by atoms with E-state index in [0.717, 1.165) is 5.56 Å². The highest BCUT2D eigenvalue weighted by molar-refractivity contribution is 5.98. The summed E-state index contributed by atoms with van der Waals surface area (Å²) < 4.78 is 12.9. The van der Waals surface area contributed by atoms with E-state index in [1.54, 1.807) is 33.9 Å². The van der Waals surface area contributed by atoms with Crippen molar-refractivity contribution in [1.82, 2.24) is 14.7 Å². The van der Waals surface area contributed by atoms with Gasteiger partial charge in [0, 0.05) is 39.2 Å². The van der Waals surface area contributed by atoms with Crippen LogP contribution < -0.4 is 0 Å². The van der Waals surface area contributed by atoms with Gasteiger partial charge in [-0.15, -0.1) is 13.2 Å². The highest BCUT2D eigenvalue weighted by Crippen LogP contribution is 2.59. The molecule has 0 aromatic heterocycles. The van der Waals surface area contributed by atoms with Crippen LogP contribution in [0.1, 0.15) is 71.0 Å². The number of carbonyl (C=O) groups excluding carboxylic acids is 4. The molecule has 3 amide bonds. The van der Waals surface area contributed by atoms with Crippen molar-refractivity contribution in [3.63, 3.8) is 0 Å². The average molecular weight is 624 g/mol. The van der Waals surface area contributed by atoms with Gasteiger partial charge in [-0.3, -0.25) is 19.2 Å². The monoisotopic (exact) mass is 623 g/mol. The van der Waals surface area contributed by atoms with Crippen LogP contribution in [0.25, 0.3) is 0 Å². The van der Waals surface area contributed by atoms with E-state index in [-0.39, 0.29) is 43.3 Å². The molecule has 3 aliphatic heterocycles. The second-order valence-corrected chi connectivity index (χ2v) is 12.7. The lowest BCUT2D eigenvalue weighted by atomic mass is 9.70. The predicted octanol–water partition coefficient (Wildman–Crippen LogP) is 3.65. The van der Waals surface area contributed by atoms with Gasteiger partial charge in [0.05, 0.1) is 24.0 Å². The molecule has 2 bridgehead atoms. The van der Waals surface area contributed by atoms with Crippen molar-refractivity contribution in [2.45, 2.75) is 95.2 Å². The van der Waals surface area contributed by atoms with E-state index in [2.05, 4.69) is 13.2 Å². The first-order valence-electron chi connectivity index (χ1n) is 16.2. The number of nitrogens with zero attached hydrogens (tertiary/aromatic N) is 3. The Morgan fingerprint density at radius 2 is 1.87 bits per heavy atom. The second-order valence-electron chi connectivity index (χ2n) is 12.7. The van der Waals surface area contributed by atoms with Gasteiger partial charge >= 0.3 is 5.97 Å². The van der Waals surface area contributed by atoms with Crippen LogP contribution in [-0.4, -0.2) is 100 Å². The molecule has 0 radical (unpaired) electrons. The number of rotatable bonds is 16. The summed E-state index contributed by atoms with van der Waals surface area (Å²) in [6, 6.07) is 7.75. The number of amides is 3. The lowest BCUT2D eigenvalue weighted by Crippen LogP contribution is -2.57. The topological polar surface area (TPSA) is 117 Å². The Morgan fingerprint density at radius 1 is 1.16 bits per heavy atom. The van der Waals surface area contributed by atoms with Crippen molar-refractivity contribution < 1.29 is 33.8 Å². The van der Waals surface area contributed by atoms with Gasteiger partial charge in [0.1, 0.15) is 17.7 Å². The molecule has 1 aromatic rings. The van der Waals surface area contributed by atoms with Gasteiger partial charge in [-0.25, -0.2) is 0 Å². The van der Waals surface area contributed by atoms with Crippen LogP contribution in [0.2, 0.25) is 0 Å². The number of hydrogen-bond acceptors (Lipinski definition) is 7. The van der Waals surface area contributed by atoms with Crippen molar-refractivity contribution in [1.29, 1.82) is 0 Å². The maximum atomic E-state index is 14.3. The maximum Gasteiger partial charge on any atom is 0.313 e. The highest BCUT2D eigenvalue weighted by Gasteiger charge is 2.75. The SMILES string of the molecule is C=CCCC(=O)N(C)[C@@H](C)[C@@H](OC(=O)[C@@H]1[C@H]2C(=O)N(CCCCO)[C@H](C(=O)N(CC=C)C(C)C)[C@]23CC[C@H]1O3)c1ccccc1. The van der Waals surface area contributed by atoms with Crippen LogP contribution in [0.15, 0.2) is 55.6 Å². The molecule has 1 spiro atoms. The molecule has 246 valence electrons. The molecular weight excluding hydrogens is 574 g/mol. The fraction of sp³-hybridized carbons (Fsp3) is 0.600. The minimum absolute atomic E-state index is 0.0269. The van der Waals surface area contributed by atoms with Crippen molar-refractivity contribution in [2.24, 2.45) is 11.8 Å². The Morgan fingerprint density at radius 3 is 2.49 bits per heavy atom. The van der Waals surface area contributed by atoms with Crippen LogP contribution >= 0.6 is 0 Å². The van der Waals surface area contributed by atoms with Crippen molar-refractivity contribution >= 4 is 23.7 Å². The molecular formula is C35H49N3O7. The number of likely N-dealkylation sites (tertiary alicyclic amines) is 1. The van der Waals surface area contributed by atoms with Crippen LogP contribution in [0.3, 0.4) is 0 Å². The number of likely N-dealkylation sites (N-methyl/N-ethyl adjacent to an activating group) is 1. The average Bonchev–Trinajstić information content (AvgIpc) is 3.68. The molecule has 0 unspecified atom stereocenters. The van der Waals surface area contributed by atoms with Gasteiger partial charge in [-0.1, -0.05) is 42.5 Å². The third-order valence-electron chi connectivity index (χ3n) is 9.72. The number of aliphatic hydroxyl groups is 1. The van der Waals surface area contributed by atoms with E-state index in [1.165, 1.54) is 0 Å². The number of fused-ring (bicyclic) bond motifs is 1. The van der Waals surface area contributed by atoms with Gasteiger partial charge in [0.25, 0.3) is 0 Å². The zero-order chi connectivity index (χ0) is 32.9. The van der Waals surface area contributed by atoms with Gasteiger partial charge in [-0.05, 0) is 58.4 Å². The minimum Gasteiger partial charge on any atom is -0.455 e. The van der Waals surface area contributed by atoms with Crippen molar-refractivity contribution in [3.8, 4) is 0 Å². The summed E-state index contributed by atoms with van der Waals surface area (Å²) in [7, 11) is 1.69. The molecule has 45 heavy (non-hydrogen) atoms. The number of unbranched alkanes of at least 4 members (excludes halogenated alkanes) is 1. The molecule has 1 aromatic carbocycles. The lowest BCUT2D eigenvalue weighted by Gasteiger charge is -2.38. The van der Waals surface area contributed by atoms with E-state index < -0.39 is 47.7 Å². The standard InChI is InChI=1S/C35H49N3O7/c1-7-9-17-27(40)36(6)24(5)30(25-15-11-10-12-16-25)44-34(43)28-26-18-19-35(45-26)29(28)32(41)38(21-13-14-22-39)31(35)33(42)37(20-8-2)23(3)4/h7-8,10-12,15-16,23-24,26,28-31,39H,1-2,9,13-14,17-22H2,3-6H3/t24-,26+,28-,29-,30+,31+,35-/m0/s1. The largest absolute Gasteiger partial charge is 0.455 e. The van der Waals surface area contributed by atoms with Crippen LogP contribution in [0.4, 0.5) is 0 Å². The van der Waals surface area contributed by atoms with Gasteiger partial charge in [0.15, 0.2) is 0 Å². The highest BCUT2D eigenvalue weighted by atomic mass is 16.6. The Balaban J connectivity index is 1.67. The predicted molar refractivity (Wildman–Crippen MR) is 170 cm³/mol. The molecule has 0 saturated carbocycles. The summed E-state index contributed by atoms with van der Waals surface area (Å²) in [6.07, 6.45) is 4.82. The minimum atomic E-state index is -1.15. The zero-order valence-corrected chi connectivity index (χ0v) is 27.1. The molecule has 4 rings (SSSR count). The normalized spacial score (nSPS) is 26.4. The van der Waals surface area contributed by atoms with Crippen LogP contribution in [0, 0.1) is 11.8 Å². The van der Waals surface area contributed by atoms with Crippen LogP contribution in [-0.2, 0) is 28.7 Å². The van der Waals surface area contributed by atoms with E-state index in [4.69, 9.17) is 9.47 Å². The summed E-state index contributed by atoms with van der Waals surface area (Å²) in [5.41, 5.74) is -0.421. The first-order chi connectivity index (χ1) is 21.5. The molecule has 3 heterocycles. The van der Waals surface area contributed by atoms with Gasteiger partial charge in [-0.2, -0.15) is 0 Å². The number of ether oxygens (including phenoxy) is 2. The summed E-state index contributed by atoms with van der Waals surface area (Å²) in [5.74, 6) is -2.95. The van der Waals surface area contributed by atoms with E-state index >= 15 is 0 Å². The number of aliphatic hydroxyl groups excluding tert-OH is 1. The Labute approximate surface area is 267 Å². The Bertz CT molecular complexity index is 1250. The Kier molecular flexibility index (Phi) is 11.3. The van der Waals surface area contributed by atoms with Crippen LogP contribution in [0.5, 0.6) is 0 Å². The summed E-state index contributed by atoms with van der Waals surface area (Å²) in [5, 5.41) is 9.43. The fourth-order valence-electron chi connectivity index (χ4n) is 7.31. The summed E-state index contributed by atoms with van der Waals surface area (Å²) >= 11 is 0. The summed E-state index contributed by atoms with van der Waals surface area (Å²) in [6.45, 7) is 13.8. The molecule has 0 aliphatic carbocycles. The number of benzene rings is 1. The number of hydrogen-bond donors (Lipinski definition) is 1. The van der Waals surface area contributed by atoms with Gasteiger partial charge in [0.2, 0.25) is 17.7 Å². The molecule has 7 atom stereocenters. The maximum absolute atomic E-state index is 14.3. The Hall–Kier alpha value is -3.50. The molecule has 3 fully saturated rings. The molecule has 3 saturated heterocycles.